The maximum Gasteiger partial charge on any atom is 0.171 e. The van der Waals surface area contributed by atoms with Crippen molar-refractivity contribution in [1.82, 2.24) is 4.90 Å². The zero-order chi connectivity index (χ0) is 13.3. The van der Waals surface area contributed by atoms with E-state index in [4.69, 9.17) is 27.9 Å². The number of ketones is 1. The van der Waals surface area contributed by atoms with Gasteiger partial charge in [0.25, 0.3) is 0 Å². The van der Waals surface area contributed by atoms with Crippen molar-refractivity contribution in [2.24, 2.45) is 5.92 Å². The van der Waals surface area contributed by atoms with Gasteiger partial charge in [0.2, 0.25) is 0 Å². The second-order valence-electron chi connectivity index (χ2n) is 5.13. The SMILES string of the molecule is CC1(C)OC(N2C=CC=CC2)CC1C(=O)C(Cl)Cl. The van der Waals surface area contributed by atoms with Gasteiger partial charge in [-0.05, 0) is 19.9 Å². The van der Waals surface area contributed by atoms with Gasteiger partial charge in [0.1, 0.15) is 6.23 Å². The second kappa shape index (κ2) is 5.24. The number of alkyl halides is 2. The molecule has 0 aliphatic carbocycles. The third-order valence-corrected chi connectivity index (χ3v) is 3.92. The molecule has 0 N–H and O–H groups in total. The largest absolute Gasteiger partial charge is 0.352 e. The van der Waals surface area contributed by atoms with Gasteiger partial charge in [0, 0.05) is 19.2 Å². The van der Waals surface area contributed by atoms with E-state index < -0.39 is 10.4 Å². The second-order valence-corrected chi connectivity index (χ2v) is 6.23. The molecule has 0 spiro atoms. The molecule has 5 heteroatoms. The first-order valence-corrected chi connectivity index (χ1v) is 6.88. The molecule has 0 bridgehead atoms. The number of allylic oxidation sites excluding steroid dienone is 2. The Balaban J connectivity index is 2.09. The average molecular weight is 290 g/mol. The van der Waals surface area contributed by atoms with E-state index in [0.717, 1.165) is 6.54 Å². The van der Waals surface area contributed by atoms with Gasteiger partial charge in [0.15, 0.2) is 10.6 Å². The van der Waals surface area contributed by atoms with Crippen LogP contribution in [0.3, 0.4) is 0 Å². The van der Waals surface area contributed by atoms with Crippen LogP contribution in [0.2, 0.25) is 0 Å². The van der Waals surface area contributed by atoms with Gasteiger partial charge in [-0.15, -0.1) is 0 Å². The zero-order valence-electron chi connectivity index (χ0n) is 10.5. The number of carbonyl (C=O) groups excluding carboxylic acids is 1. The monoisotopic (exact) mass is 289 g/mol. The number of hydrogen-bond donors (Lipinski definition) is 0. The van der Waals surface area contributed by atoms with Crippen molar-refractivity contribution in [3.05, 3.63) is 24.4 Å². The van der Waals surface area contributed by atoms with Crippen molar-refractivity contribution in [2.75, 3.05) is 6.54 Å². The Hall–Kier alpha value is -0.510. The molecule has 3 nitrogen and oxygen atoms in total. The number of ether oxygens (including phenoxy) is 1. The third kappa shape index (κ3) is 2.73. The molecule has 0 radical (unpaired) electrons. The summed E-state index contributed by atoms with van der Waals surface area (Å²) in [5, 5.41) is 0. The van der Waals surface area contributed by atoms with Crippen LogP contribution in [0.15, 0.2) is 24.4 Å². The maximum absolute atomic E-state index is 12.0. The van der Waals surface area contributed by atoms with Crippen molar-refractivity contribution in [1.29, 1.82) is 0 Å². The molecular weight excluding hydrogens is 273 g/mol. The van der Waals surface area contributed by atoms with Crippen LogP contribution < -0.4 is 0 Å². The van der Waals surface area contributed by atoms with Crippen LogP contribution in [-0.4, -0.2) is 33.9 Å². The summed E-state index contributed by atoms with van der Waals surface area (Å²) in [7, 11) is 0. The number of carbonyl (C=O) groups is 1. The minimum Gasteiger partial charge on any atom is -0.352 e. The number of halogens is 2. The highest BCUT2D eigenvalue weighted by Crippen LogP contribution is 2.39. The third-order valence-electron chi connectivity index (χ3n) is 3.49. The minimum atomic E-state index is -0.978. The predicted octanol–water partition coefficient (Wildman–Crippen LogP) is 2.89. The van der Waals surface area contributed by atoms with Gasteiger partial charge >= 0.3 is 0 Å². The quantitative estimate of drug-likeness (QED) is 0.749. The molecule has 18 heavy (non-hydrogen) atoms. The van der Waals surface area contributed by atoms with E-state index >= 15 is 0 Å². The molecule has 2 rings (SSSR count). The van der Waals surface area contributed by atoms with Crippen LogP contribution in [0, 0.1) is 5.92 Å². The van der Waals surface area contributed by atoms with E-state index in [0.29, 0.717) is 6.42 Å². The Labute approximate surface area is 117 Å². The van der Waals surface area contributed by atoms with Crippen LogP contribution in [-0.2, 0) is 9.53 Å². The summed E-state index contributed by atoms with van der Waals surface area (Å²) in [6, 6.07) is 0. The van der Waals surface area contributed by atoms with Crippen LogP contribution in [0.5, 0.6) is 0 Å². The molecule has 0 saturated carbocycles. The van der Waals surface area contributed by atoms with E-state index in [9.17, 15) is 4.79 Å². The Morgan fingerprint density at radius 3 is 2.72 bits per heavy atom. The molecule has 1 fully saturated rings. The van der Waals surface area contributed by atoms with Gasteiger partial charge in [-0.3, -0.25) is 4.79 Å². The van der Waals surface area contributed by atoms with Crippen molar-refractivity contribution in [3.8, 4) is 0 Å². The minimum absolute atomic E-state index is 0.0952. The maximum atomic E-state index is 12.0. The Kier molecular flexibility index (Phi) is 4.05. The fourth-order valence-electron chi connectivity index (χ4n) is 2.48. The molecule has 0 amide bonds. The van der Waals surface area contributed by atoms with Gasteiger partial charge in [-0.25, -0.2) is 0 Å². The predicted molar refractivity (Wildman–Crippen MR) is 72.5 cm³/mol. The van der Waals surface area contributed by atoms with E-state index in [1.807, 2.05) is 32.2 Å². The number of rotatable bonds is 3. The highest BCUT2D eigenvalue weighted by atomic mass is 35.5. The molecule has 100 valence electrons. The summed E-state index contributed by atoms with van der Waals surface area (Å²) >= 11 is 11.4. The molecule has 1 saturated heterocycles. The first-order valence-electron chi connectivity index (χ1n) is 6.00. The van der Waals surface area contributed by atoms with Gasteiger partial charge in [-0.2, -0.15) is 0 Å². The average Bonchev–Trinajstić information content (AvgIpc) is 2.65. The lowest BCUT2D eigenvalue weighted by Crippen LogP contribution is -2.36. The molecule has 2 aliphatic rings. The number of Topliss-reactive ketones (excluding diaryl/α,β-unsaturated/α-hetero) is 1. The first kappa shape index (κ1) is 13.9. The fourth-order valence-corrected chi connectivity index (χ4v) is 2.78. The Morgan fingerprint density at radius 2 is 2.17 bits per heavy atom. The Morgan fingerprint density at radius 1 is 1.44 bits per heavy atom. The van der Waals surface area contributed by atoms with Crippen molar-refractivity contribution in [2.45, 2.75) is 36.9 Å². The normalized spacial score (nSPS) is 30.2. The van der Waals surface area contributed by atoms with Gasteiger partial charge < -0.3 is 9.64 Å². The first-order chi connectivity index (χ1) is 8.42. The lowest BCUT2D eigenvalue weighted by atomic mass is 9.87. The lowest BCUT2D eigenvalue weighted by Gasteiger charge is -2.29. The smallest absolute Gasteiger partial charge is 0.171 e. The topological polar surface area (TPSA) is 29.5 Å². The zero-order valence-corrected chi connectivity index (χ0v) is 12.0. The molecule has 0 aromatic rings. The highest BCUT2D eigenvalue weighted by Gasteiger charge is 2.48. The summed E-state index contributed by atoms with van der Waals surface area (Å²) in [6.07, 6.45) is 8.51. The van der Waals surface area contributed by atoms with Crippen molar-refractivity contribution < 1.29 is 9.53 Å². The molecular formula is C13H17Cl2NO2. The van der Waals surface area contributed by atoms with E-state index in [1.54, 1.807) is 0 Å². The van der Waals surface area contributed by atoms with E-state index in [1.165, 1.54) is 0 Å². The molecule has 2 unspecified atom stereocenters. The van der Waals surface area contributed by atoms with Crippen LogP contribution in [0.1, 0.15) is 20.3 Å². The molecule has 2 aliphatic heterocycles. The van der Waals surface area contributed by atoms with Gasteiger partial charge in [0.05, 0.1) is 11.5 Å². The summed E-state index contributed by atoms with van der Waals surface area (Å²) in [5.41, 5.74) is -0.529. The summed E-state index contributed by atoms with van der Waals surface area (Å²) in [5.74, 6) is -0.413. The van der Waals surface area contributed by atoms with Crippen LogP contribution in [0.25, 0.3) is 0 Å². The number of nitrogens with zero attached hydrogens (tertiary/aromatic N) is 1. The standard InChI is InChI=1S/C13H17Cl2NO2/c1-13(2)9(11(17)12(14)15)8-10(18-13)16-6-4-3-5-7-16/h3-6,9-10,12H,7-8H2,1-2H3. The summed E-state index contributed by atoms with van der Waals surface area (Å²) in [6.45, 7) is 4.62. The van der Waals surface area contributed by atoms with Crippen molar-refractivity contribution >= 4 is 29.0 Å². The molecule has 2 heterocycles. The molecule has 0 aromatic carbocycles. The lowest BCUT2D eigenvalue weighted by molar-refractivity contribution is -0.127. The van der Waals surface area contributed by atoms with Crippen molar-refractivity contribution in [3.63, 3.8) is 0 Å². The fraction of sp³-hybridized carbons (Fsp3) is 0.615. The van der Waals surface area contributed by atoms with Crippen LogP contribution in [0.4, 0.5) is 0 Å². The molecule has 2 atom stereocenters. The number of hydrogen-bond acceptors (Lipinski definition) is 3. The summed E-state index contributed by atoms with van der Waals surface area (Å²) in [4.78, 5) is 13.1. The van der Waals surface area contributed by atoms with E-state index in [-0.39, 0.29) is 17.9 Å². The molecule has 0 aromatic heterocycles. The van der Waals surface area contributed by atoms with E-state index in [2.05, 4.69) is 11.0 Å². The van der Waals surface area contributed by atoms with Crippen LogP contribution >= 0.6 is 23.2 Å². The Bertz CT molecular complexity index is 390. The highest BCUT2D eigenvalue weighted by molar-refractivity contribution is 6.54. The summed E-state index contributed by atoms with van der Waals surface area (Å²) < 4.78 is 5.97. The van der Waals surface area contributed by atoms with Gasteiger partial charge in [-0.1, -0.05) is 35.4 Å².